The van der Waals surface area contributed by atoms with Gasteiger partial charge in [0, 0.05) is 0 Å². The van der Waals surface area contributed by atoms with Gasteiger partial charge in [-0.15, -0.1) is 5.10 Å². The average Bonchev–Trinajstić information content (AvgIpc) is 2.94. The fourth-order valence-corrected chi connectivity index (χ4v) is 1.90. The van der Waals surface area contributed by atoms with E-state index in [9.17, 15) is 20.1 Å². The van der Waals surface area contributed by atoms with Crippen molar-refractivity contribution >= 4 is 5.97 Å². The first-order chi connectivity index (χ1) is 9.49. The largest absolute Gasteiger partial charge is 0.464 e. The van der Waals surface area contributed by atoms with Crippen LogP contribution in [0.1, 0.15) is 16.7 Å². The van der Waals surface area contributed by atoms with E-state index in [-0.39, 0.29) is 5.69 Å². The molecule has 0 bridgehead atoms. The Morgan fingerprint density at radius 3 is 2.70 bits per heavy atom. The Kier molecular flexibility index (Phi) is 4.30. The van der Waals surface area contributed by atoms with Crippen LogP contribution in [0.25, 0.3) is 0 Å². The van der Waals surface area contributed by atoms with Crippen molar-refractivity contribution in [3.8, 4) is 0 Å². The van der Waals surface area contributed by atoms with Crippen LogP contribution in [0.2, 0.25) is 0 Å². The molecule has 2 rings (SSSR count). The van der Waals surface area contributed by atoms with Crippen LogP contribution >= 0.6 is 0 Å². The van der Waals surface area contributed by atoms with Crippen molar-refractivity contribution in [3.05, 3.63) is 11.9 Å². The molecule has 1 aromatic heterocycles. The zero-order valence-corrected chi connectivity index (χ0v) is 10.5. The number of aliphatic hydroxyl groups excluding tert-OH is 4. The highest BCUT2D eigenvalue weighted by Gasteiger charge is 2.44. The first-order valence-corrected chi connectivity index (χ1v) is 5.80. The van der Waals surface area contributed by atoms with Crippen LogP contribution in [0.4, 0.5) is 0 Å². The van der Waals surface area contributed by atoms with Gasteiger partial charge >= 0.3 is 5.97 Å². The van der Waals surface area contributed by atoms with Gasteiger partial charge in [0.05, 0.1) is 19.9 Å². The van der Waals surface area contributed by atoms with E-state index >= 15 is 0 Å². The third-order valence-electron chi connectivity index (χ3n) is 3.03. The van der Waals surface area contributed by atoms with E-state index in [1.807, 2.05) is 0 Å². The highest BCUT2D eigenvalue weighted by molar-refractivity contribution is 5.86. The highest BCUT2D eigenvalue weighted by atomic mass is 16.6. The summed E-state index contributed by atoms with van der Waals surface area (Å²) >= 11 is 0. The Hall–Kier alpha value is -1.59. The van der Waals surface area contributed by atoms with E-state index in [1.165, 1.54) is 13.3 Å². The number of hydrogen-bond donors (Lipinski definition) is 4. The maximum atomic E-state index is 11.3. The molecule has 10 nitrogen and oxygen atoms in total. The normalized spacial score (nSPS) is 34.0. The number of methoxy groups -OCH3 is 1. The Balaban J connectivity index is 2.22. The molecule has 0 aromatic carbocycles. The maximum absolute atomic E-state index is 11.3. The van der Waals surface area contributed by atoms with Crippen molar-refractivity contribution < 1.29 is 34.7 Å². The Morgan fingerprint density at radius 1 is 1.40 bits per heavy atom. The van der Waals surface area contributed by atoms with Gasteiger partial charge in [-0.05, 0) is 0 Å². The molecule has 0 amide bonds. The van der Waals surface area contributed by atoms with Gasteiger partial charge in [-0.1, -0.05) is 5.21 Å². The lowest BCUT2D eigenvalue weighted by molar-refractivity contribution is -0.254. The molecule has 0 saturated carbocycles. The van der Waals surface area contributed by atoms with Crippen LogP contribution in [-0.2, 0) is 9.47 Å². The van der Waals surface area contributed by atoms with Crippen LogP contribution < -0.4 is 0 Å². The number of nitrogens with zero attached hydrogens (tertiary/aromatic N) is 3. The predicted octanol–water partition coefficient (Wildman–Crippen LogP) is -2.96. The molecular formula is C10H15N3O7. The van der Waals surface area contributed by atoms with Crippen LogP contribution in [-0.4, -0.2) is 79.5 Å². The molecule has 5 atom stereocenters. The lowest BCUT2D eigenvalue weighted by Crippen LogP contribution is -2.56. The van der Waals surface area contributed by atoms with E-state index in [0.29, 0.717) is 0 Å². The summed E-state index contributed by atoms with van der Waals surface area (Å²) in [6.07, 6.45) is -5.59. The molecule has 1 fully saturated rings. The average molecular weight is 289 g/mol. The fourth-order valence-electron chi connectivity index (χ4n) is 1.90. The summed E-state index contributed by atoms with van der Waals surface area (Å²) in [7, 11) is 1.18. The molecule has 1 saturated heterocycles. The molecule has 2 heterocycles. The summed E-state index contributed by atoms with van der Waals surface area (Å²) in [6.45, 7) is -0.556. The number of esters is 1. The van der Waals surface area contributed by atoms with Crippen LogP contribution in [0, 0.1) is 0 Å². The zero-order valence-electron chi connectivity index (χ0n) is 10.5. The monoisotopic (exact) mass is 289 g/mol. The summed E-state index contributed by atoms with van der Waals surface area (Å²) in [5, 5.41) is 45.3. The minimum Gasteiger partial charge on any atom is -0.464 e. The molecule has 0 spiro atoms. The molecule has 4 N–H and O–H groups in total. The standard InChI is InChI=1S/C10H15N3O7/c1-19-10(18)4-2-13(12-11-4)9-8(17)7(16)6(15)5(3-14)20-9/h2,5-9,14-17H,3H2,1H3/t5-,6+,7+,8-,9-/m1/s1. The number of carbonyl (C=O) groups is 1. The predicted molar refractivity (Wildman–Crippen MR) is 60.4 cm³/mol. The molecule has 112 valence electrons. The van der Waals surface area contributed by atoms with Crippen molar-refractivity contribution in [2.45, 2.75) is 30.6 Å². The summed E-state index contributed by atoms with van der Waals surface area (Å²) in [5.74, 6) is -0.721. The number of rotatable bonds is 3. The SMILES string of the molecule is COC(=O)c1cn([C@@H]2O[C@H](CO)[C@H](O)[C@H](O)[C@H]2O)nn1. The summed E-state index contributed by atoms with van der Waals surface area (Å²) in [5.41, 5.74) is -0.107. The Labute approximate surface area is 113 Å². The first kappa shape index (κ1) is 14.8. The molecule has 0 aliphatic carbocycles. The molecule has 0 radical (unpaired) electrons. The lowest BCUT2D eigenvalue weighted by atomic mass is 9.98. The zero-order chi connectivity index (χ0) is 14.9. The van der Waals surface area contributed by atoms with Crippen molar-refractivity contribution in [1.82, 2.24) is 15.0 Å². The van der Waals surface area contributed by atoms with E-state index in [1.54, 1.807) is 0 Å². The Bertz CT molecular complexity index is 477. The second-order valence-electron chi connectivity index (χ2n) is 4.29. The van der Waals surface area contributed by atoms with Crippen molar-refractivity contribution in [1.29, 1.82) is 0 Å². The third-order valence-corrected chi connectivity index (χ3v) is 3.03. The molecular weight excluding hydrogens is 274 g/mol. The molecule has 10 heteroatoms. The molecule has 0 unspecified atom stereocenters. The summed E-state index contributed by atoms with van der Waals surface area (Å²) in [4.78, 5) is 11.3. The fraction of sp³-hybridized carbons (Fsp3) is 0.700. The van der Waals surface area contributed by atoms with Crippen LogP contribution in [0.5, 0.6) is 0 Å². The first-order valence-electron chi connectivity index (χ1n) is 5.80. The van der Waals surface area contributed by atoms with Gasteiger partial charge < -0.3 is 29.9 Å². The van der Waals surface area contributed by atoms with E-state index in [2.05, 4.69) is 15.0 Å². The van der Waals surface area contributed by atoms with Gasteiger partial charge in [0.1, 0.15) is 24.4 Å². The highest BCUT2D eigenvalue weighted by Crippen LogP contribution is 2.27. The van der Waals surface area contributed by atoms with Gasteiger partial charge in [-0.2, -0.15) is 0 Å². The Morgan fingerprint density at radius 2 is 2.10 bits per heavy atom. The second kappa shape index (κ2) is 5.81. The van der Waals surface area contributed by atoms with E-state index in [4.69, 9.17) is 9.84 Å². The smallest absolute Gasteiger partial charge is 0.360 e. The van der Waals surface area contributed by atoms with E-state index < -0.39 is 43.2 Å². The lowest BCUT2D eigenvalue weighted by Gasteiger charge is -2.39. The molecule has 20 heavy (non-hydrogen) atoms. The van der Waals surface area contributed by atoms with Crippen LogP contribution in [0.3, 0.4) is 0 Å². The summed E-state index contributed by atoms with van der Waals surface area (Å²) < 4.78 is 10.7. The maximum Gasteiger partial charge on any atom is 0.360 e. The van der Waals surface area contributed by atoms with Crippen molar-refractivity contribution in [2.24, 2.45) is 0 Å². The van der Waals surface area contributed by atoms with Crippen molar-refractivity contribution in [2.75, 3.05) is 13.7 Å². The molecule has 1 aliphatic heterocycles. The second-order valence-corrected chi connectivity index (χ2v) is 4.29. The van der Waals surface area contributed by atoms with Gasteiger partial charge in [0.15, 0.2) is 11.9 Å². The minimum absolute atomic E-state index is 0.107. The number of carbonyl (C=O) groups excluding carboxylic acids is 1. The van der Waals surface area contributed by atoms with Crippen LogP contribution in [0.15, 0.2) is 6.20 Å². The quantitative estimate of drug-likeness (QED) is 0.428. The summed E-state index contributed by atoms with van der Waals surface area (Å²) in [6, 6.07) is 0. The van der Waals surface area contributed by atoms with Gasteiger partial charge in [0.2, 0.25) is 0 Å². The number of aliphatic hydroxyl groups is 4. The number of hydrogen-bond acceptors (Lipinski definition) is 9. The van der Waals surface area contributed by atoms with E-state index in [0.717, 1.165) is 4.68 Å². The molecule has 1 aliphatic rings. The van der Waals surface area contributed by atoms with Gasteiger partial charge in [0.25, 0.3) is 0 Å². The topological polar surface area (TPSA) is 147 Å². The van der Waals surface area contributed by atoms with Crippen molar-refractivity contribution in [3.63, 3.8) is 0 Å². The molecule has 1 aromatic rings. The third kappa shape index (κ3) is 2.51. The number of aromatic nitrogens is 3. The van der Waals surface area contributed by atoms with Gasteiger partial charge in [-0.25, -0.2) is 9.48 Å². The van der Waals surface area contributed by atoms with Gasteiger partial charge in [-0.3, -0.25) is 0 Å². The minimum atomic E-state index is -1.53. The number of ether oxygens (including phenoxy) is 2.